The van der Waals surface area contributed by atoms with E-state index in [1.54, 1.807) is 0 Å². The number of anilines is 1. The number of rotatable bonds is 4. The van der Waals surface area contributed by atoms with Crippen molar-refractivity contribution < 1.29 is 0 Å². The van der Waals surface area contributed by atoms with Gasteiger partial charge in [0.25, 0.3) is 0 Å². The zero-order valence-corrected chi connectivity index (χ0v) is 16.6. The first-order valence-corrected chi connectivity index (χ1v) is 9.78. The number of halogens is 1. The Morgan fingerprint density at radius 3 is 2.59 bits per heavy atom. The van der Waals surface area contributed by atoms with Crippen LogP contribution >= 0.6 is 11.6 Å². The lowest BCUT2D eigenvalue weighted by Crippen LogP contribution is -2.44. The van der Waals surface area contributed by atoms with Gasteiger partial charge in [0.1, 0.15) is 5.82 Å². The van der Waals surface area contributed by atoms with E-state index in [0.717, 1.165) is 54.5 Å². The van der Waals surface area contributed by atoms with Gasteiger partial charge in [-0.15, -0.1) is 0 Å². The quantitative estimate of drug-likeness (QED) is 0.740. The van der Waals surface area contributed by atoms with Gasteiger partial charge in [-0.2, -0.15) is 0 Å². The normalized spacial score (nSPS) is 14.9. The molecule has 0 bridgehead atoms. The van der Waals surface area contributed by atoms with Crippen molar-refractivity contribution in [1.29, 1.82) is 0 Å². The standard InChI is InChI=1S/C22H25ClN4/c1-26(2)15-16-4-3-5-17(12-16)18-6-7-21-19(13-18)14-20(23)22(25-21)27-10-8-24-9-11-27/h3-7,12-14,24H,8-11,15H2,1-2H3. The van der Waals surface area contributed by atoms with Gasteiger partial charge in [-0.25, -0.2) is 4.98 Å². The first-order chi connectivity index (χ1) is 13.1. The molecule has 140 valence electrons. The number of piperazine rings is 1. The number of hydrogen-bond acceptors (Lipinski definition) is 4. The molecule has 0 radical (unpaired) electrons. The minimum Gasteiger partial charge on any atom is -0.353 e. The average Bonchev–Trinajstić information content (AvgIpc) is 2.67. The van der Waals surface area contributed by atoms with E-state index in [0.29, 0.717) is 0 Å². The lowest BCUT2D eigenvalue weighted by Gasteiger charge is -2.29. The summed E-state index contributed by atoms with van der Waals surface area (Å²) in [5.41, 5.74) is 4.71. The minimum atomic E-state index is 0.725. The van der Waals surface area contributed by atoms with Crippen LogP contribution in [-0.4, -0.2) is 50.2 Å². The highest BCUT2D eigenvalue weighted by Gasteiger charge is 2.16. The highest BCUT2D eigenvalue weighted by atomic mass is 35.5. The maximum atomic E-state index is 6.59. The summed E-state index contributed by atoms with van der Waals surface area (Å²) >= 11 is 6.59. The Morgan fingerprint density at radius 1 is 1.04 bits per heavy atom. The number of nitrogens with one attached hydrogen (secondary N) is 1. The molecule has 0 atom stereocenters. The molecule has 3 aromatic rings. The summed E-state index contributed by atoms with van der Waals surface area (Å²) in [5, 5.41) is 5.17. The maximum absolute atomic E-state index is 6.59. The molecule has 0 amide bonds. The monoisotopic (exact) mass is 380 g/mol. The third-order valence-corrected chi connectivity index (χ3v) is 5.20. The average molecular weight is 381 g/mol. The molecular weight excluding hydrogens is 356 g/mol. The van der Waals surface area contributed by atoms with Crippen LogP contribution in [-0.2, 0) is 6.54 Å². The van der Waals surface area contributed by atoms with Crippen molar-refractivity contribution in [3.05, 3.63) is 59.1 Å². The van der Waals surface area contributed by atoms with Gasteiger partial charge in [0.2, 0.25) is 0 Å². The molecule has 4 nitrogen and oxygen atoms in total. The summed E-state index contributed by atoms with van der Waals surface area (Å²) in [5.74, 6) is 0.895. The molecule has 1 aliphatic heterocycles. The molecule has 0 unspecified atom stereocenters. The van der Waals surface area contributed by atoms with Crippen molar-refractivity contribution in [2.45, 2.75) is 6.54 Å². The van der Waals surface area contributed by atoms with Crippen LogP contribution in [0.3, 0.4) is 0 Å². The Balaban J connectivity index is 1.68. The number of hydrogen-bond donors (Lipinski definition) is 1. The summed E-state index contributed by atoms with van der Waals surface area (Å²) in [7, 11) is 4.18. The fourth-order valence-electron chi connectivity index (χ4n) is 3.63. The molecule has 0 saturated carbocycles. The van der Waals surface area contributed by atoms with Crippen LogP contribution in [0.4, 0.5) is 5.82 Å². The Morgan fingerprint density at radius 2 is 1.81 bits per heavy atom. The molecule has 1 aliphatic rings. The highest BCUT2D eigenvalue weighted by molar-refractivity contribution is 6.33. The predicted octanol–water partition coefficient (Wildman–Crippen LogP) is 4.03. The zero-order chi connectivity index (χ0) is 18.8. The third kappa shape index (κ3) is 4.08. The SMILES string of the molecule is CN(C)Cc1cccc(-c2ccc3nc(N4CCNCC4)c(Cl)cc3c2)c1. The fraction of sp³-hybridized carbons (Fsp3) is 0.318. The van der Waals surface area contributed by atoms with E-state index in [2.05, 4.69) is 77.7 Å². The van der Waals surface area contributed by atoms with Crippen LogP contribution in [0, 0.1) is 0 Å². The Kier molecular flexibility index (Phi) is 5.30. The molecular formula is C22H25ClN4. The van der Waals surface area contributed by atoms with Crippen LogP contribution in [0.5, 0.6) is 0 Å². The largest absolute Gasteiger partial charge is 0.353 e. The molecule has 5 heteroatoms. The summed E-state index contributed by atoms with van der Waals surface area (Å²) in [6.07, 6.45) is 0. The van der Waals surface area contributed by atoms with Crippen molar-refractivity contribution in [2.24, 2.45) is 0 Å². The summed E-state index contributed by atoms with van der Waals surface area (Å²) in [6.45, 7) is 4.75. The highest BCUT2D eigenvalue weighted by Crippen LogP contribution is 2.31. The lowest BCUT2D eigenvalue weighted by molar-refractivity contribution is 0.402. The third-order valence-electron chi connectivity index (χ3n) is 4.93. The van der Waals surface area contributed by atoms with Gasteiger partial charge in [0, 0.05) is 38.1 Å². The minimum absolute atomic E-state index is 0.725. The summed E-state index contributed by atoms with van der Waals surface area (Å²) < 4.78 is 0. The zero-order valence-electron chi connectivity index (χ0n) is 15.9. The number of aromatic nitrogens is 1. The van der Waals surface area contributed by atoms with Crippen molar-refractivity contribution in [1.82, 2.24) is 15.2 Å². The molecule has 1 N–H and O–H groups in total. The van der Waals surface area contributed by atoms with E-state index in [1.807, 2.05) is 0 Å². The molecule has 4 rings (SSSR count). The maximum Gasteiger partial charge on any atom is 0.148 e. The molecule has 0 spiro atoms. The van der Waals surface area contributed by atoms with Crippen LogP contribution in [0.25, 0.3) is 22.0 Å². The van der Waals surface area contributed by atoms with Crippen LogP contribution < -0.4 is 10.2 Å². The Hall–Kier alpha value is -2.14. The first-order valence-electron chi connectivity index (χ1n) is 9.40. The van der Waals surface area contributed by atoms with E-state index < -0.39 is 0 Å². The molecule has 0 aliphatic carbocycles. The Labute approximate surface area is 165 Å². The number of fused-ring (bicyclic) bond motifs is 1. The van der Waals surface area contributed by atoms with Crippen molar-refractivity contribution in [3.63, 3.8) is 0 Å². The van der Waals surface area contributed by atoms with Gasteiger partial charge in [0.15, 0.2) is 0 Å². The second-order valence-electron chi connectivity index (χ2n) is 7.38. The van der Waals surface area contributed by atoms with Crippen molar-refractivity contribution >= 4 is 28.3 Å². The van der Waals surface area contributed by atoms with Crippen LogP contribution in [0.15, 0.2) is 48.5 Å². The van der Waals surface area contributed by atoms with Crippen molar-refractivity contribution in [2.75, 3.05) is 45.2 Å². The van der Waals surface area contributed by atoms with E-state index in [-0.39, 0.29) is 0 Å². The van der Waals surface area contributed by atoms with Gasteiger partial charge >= 0.3 is 0 Å². The van der Waals surface area contributed by atoms with Crippen LogP contribution in [0.1, 0.15) is 5.56 Å². The second-order valence-corrected chi connectivity index (χ2v) is 7.78. The second kappa shape index (κ2) is 7.85. The van der Waals surface area contributed by atoms with Gasteiger partial charge in [0.05, 0.1) is 10.5 Å². The predicted molar refractivity (Wildman–Crippen MR) is 115 cm³/mol. The molecule has 1 saturated heterocycles. The number of pyridine rings is 1. The summed E-state index contributed by atoms with van der Waals surface area (Å²) in [4.78, 5) is 9.29. The van der Waals surface area contributed by atoms with Gasteiger partial charge in [-0.05, 0) is 55.1 Å². The molecule has 1 fully saturated rings. The number of nitrogens with zero attached hydrogens (tertiary/aromatic N) is 3. The topological polar surface area (TPSA) is 31.4 Å². The van der Waals surface area contributed by atoms with Crippen molar-refractivity contribution in [3.8, 4) is 11.1 Å². The van der Waals surface area contributed by atoms with Gasteiger partial charge in [-0.1, -0.05) is 35.9 Å². The molecule has 27 heavy (non-hydrogen) atoms. The van der Waals surface area contributed by atoms with E-state index >= 15 is 0 Å². The number of benzene rings is 2. The molecule has 1 aromatic heterocycles. The Bertz CT molecular complexity index is 948. The summed E-state index contributed by atoms with van der Waals surface area (Å²) in [6, 6.07) is 17.2. The fourth-order valence-corrected chi connectivity index (χ4v) is 3.91. The van der Waals surface area contributed by atoms with Gasteiger partial charge < -0.3 is 15.1 Å². The molecule has 2 heterocycles. The van der Waals surface area contributed by atoms with E-state index in [9.17, 15) is 0 Å². The van der Waals surface area contributed by atoms with Gasteiger partial charge in [-0.3, -0.25) is 0 Å². The smallest absolute Gasteiger partial charge is 0.148 e. The molecule has 2 aromatic carbocycles. The van der Waals surface area contributed by atoms with Crippen LogP contribution in [0.2, 0.25) is 5.02 Å². The van der Waals surface area contributed by atoms with E-state index in [1.165, 1.54) is 16.7 Å². The first kappa shape index (κ1) is 18.2. The lowest BCUT2D eigenvalue weighted by atomic mass is 10.0. The van der Waals surface area contributed by atoms with E-state index in [4.69, 9.17) is 16.6 Å².